The van der Waals surface area contributed by atoms with E-state index in [1.165, 1.54) is 21.0 Å². The van der Waals surface area contributed by atoms with Crippen molar-refractivity contribution in [2.75, 3.05) is 5.32 Å². The summed E-state index contributed by atoms with van der Waals surface area (Å²) in [4.78, 5) is 5.68. The van der Waals surface area contributed by atoms with Crippen molar-refractivity contribution < 1.29 is 0 Å². The van der Waals surface area contributed by atoms with Crippen LogP contribution in [-0.4, -0.2) is 17.6 Å². The van der Waals surface area contributed by atoms with E-state index in [0.717, 1.165) is 25.0 Å². The first-order valence-corrected chi connectivity index (χ1v) is 6.45. The average Bonchev–Trinajstić information content (AvgIpc) is 2.55. The summed E-state index contributed by atoms with van der Waals surface area (Å²) in [6.07, 6.45) is 5.11. The van der Waals surface area contributed by atoms with Crippen LogP contribution < -0.4 is 5.32 Å². The SMILES string of the molecule is CC1(C)N=Cc2c(sc3c2CCCC3=N)N1. The van der Waals surface area contributed by atoms with Crippen LogP contribution >= 0.6 is 11.3 Å². The Kier molecular flexibility index (Phi) is 1.98. The largest absolute Gasteiger partial charge is 0.353 e. The molecule has 3 rings (SSSR count). The molecular weight excluding hydrogens is 218 g/mol. The van der Waals surface area contributed by atoms with Crippen molar-refractivity contribution in [3.8, 4) is 0 Å². The second-order valence-corrected chi connectivity index (χ2v) is 5.95. The molecule has 0 amide bonds. The number of rotatable bonds is 0. The molecule has 0 saturated heterocycles. The van der Waals surface area contributed by atoms with E-state index in [-0.39, 0.29) is 5.66 Å². The third-order valence-corrected chi connectivity index (χ3v) is 4.33. The zero-order chi connectivity index (χ0) is 11.3. The van der Waals surface area contributed by atoms with E-state index in [4.69, 9.17) is 5.41 Å². The maximum absolute atomic E-state index is 7.99. The van der Waals surface area contributed by atoms with Gasteiger partial charge in [0.05, 0.1) is 9.88 Å². The molecule has 1 aromatic rings. The summed E-state index contributed by atoms with van der Waals surface area (Å²) in [5.41, 5.74) is 3.16. The van der Waals surface area contributed by atoms with Crippen molar-refractivity contribution in [2.24, 2.45) is 4.99 Å². The Morgan fingerprint density at radius 2 is 2.25 bits per heavy atom. The number of nitrogens with one attached hydrogen (secondary N) is 2. The molecule has 3 nitrogen and oxygen atoms in total. The van der Waals surface area contributed by atoms with Crippen LogP contribution in [0.15, 0.2) is 4.99 Å². The Bertz CT molecular complexity index is 497. The van der Waals surface area contributed by atoms with E-state index in [2.05, 4.69) is 24.2 Å². The molecule has 0 bridgehead atoms. The number of thiophene rings is 1. The number of hydrogen-bond donors (Lipinski definition) is 2. The van der Waals surface area contributed by atoms with Crippen LogP contribution in [0.2, 0.25) is 0 Å². The number of fused-ring (bicyclic) bond motifs is 3. The lowest BCUT2D eigenvalue weighted by Gasteiger charge is -2.26. The Morgan fingerprint density at radius 1 is 1.44 bits per heavy atom. The monoisotopic (exact) mass is 233 g/mol. The maximum atomic E-state index is 7.99. The molecular formula is C12H15N3S. The van der Waals surface area contributed by atoms with E-state index in [0.29, 0.717) is 0 Å². The molecule has 0 aromatic carbocycles. The van der Waals surface area contributed by atoms with Gasteiger partial charge in [-0.05, 0) is 38.7 Å². The average molecular weight is 233 g/mol. The second-order valence-electron chi connectivity index (χ2n) is 4.93. The van der Waals surface area contributed by atoms with E-state index in [1.54, 1.807) is 11.3 Å². The van der Waals surface area contributed by atoms with Crippen LogP contribution in [-0.2, 0) is 6.42 Å². The van der Waals surface area contributed by atoms with Crippen LogP contribution in [0, 0.1) is 5.41 Å². The number of hydrogen-bond acceptors (Lipinski definition) is 4. The molecule has 0 radical (unpaired) electrons. The van der Waals surface area contributed by atoms with Gasteiger partial charge in [-0.2, -0.15) is 0 Å². The van der Waals surface area contributed by atoms with Crippen molar-refractivity contribution in [3.05, 3.63) is 16.0 Å². The fraction of sp³-hybridized carbons (Fsp3) is 0.500. The van der Waals surface area contributed by atoms with Crippen molar-refractivity contribution in [3.63, 3.8) is 0 Å². The highest BCUT2D eigenvalue weighted by Gasteiger charge is 2.28. The Morgan fingerprint density at radius 3 is 3.06 bits per heavy atom. The fourth-order valence-electron chi connectivity index (χ4n) is 2.29. The highest BCUT2D eigenvalue weighted by Crippen LogP contribution is 2.40. The summed E-state index contributed by atoms with van der Waals surface area (Å²) in [7, 11) is 0. The topological polar surface area (TPSA) is 48.2 Å². The van der Waals surface area contributed by atoms with Gasteiger partial charge in [0.15, 0.2) is 0 Å². The number of nitrogens with zero attached hydrogens (tertiary/aromatic N) is 1. The minimum atomic E-state index is -0.206. The minimum Gasteiger partial charge on any atom is -0.353 e. The Labute approximate surface area is 99.1 Å². The van der Waals surface area contributed by atoms with E-state index >= 15 is 0 Å². The maximum Gasteiger partial charge on any atom is 0.124 e. The van der Waals surface area contributed by atoms with Crippen molar-refractivity contribution >= 4 is 28.3 Å². The molecule has 2 N–H and O–H groups in total. The first-order chi connectivity index (χ1) is 7.57. The van der Waals surface area contributed by atoms with Gasteiger partial charge in [-0.25, -0.2) is 0 Å². The zero-order valence-electron chi connectivity index (χ0n) is 9.55. The van der Waals surface area contributed by atoms with Crippen LogP contribution in [0.5, 0.6) is 0 Å². The van der Waals surface area contributed by atoms with Crippen LogP contribution in [0.4, 0.5) is 5.00 Å². The van der Waals surface area contributed by atoms with Gasteiger partial charge in [-0.1, -0.05) is 0 Å². The lowest BCUT2D eigenvalue weighted by Crippen LogP contribution is -2.31. The molecule has 0 spiro atoms. The molecule has 1 aromatic heterocycles. The molecule has 1 aliphatic heterocycles. The predicted octanol–water partition coefficient (Wildman–Crippen LogP) is 3.03. The molecule has 16 heavy (non-hydrogen) atoms. The second kappa shape index (κ2) is 3.17. The van der Waals surface area contributed by atoms with Gasteiger partial charge in [0.2, 0.25) is 0 Å². The lowest BCUT2D eigenvalue weighted by molar-refractivity contribution is 0.602. The van der Waals surface area contributed by atoms with E-state index in [1.807, 2.05) is 6.21 Å². The van der Waals surface area contributed by atoms with Gasteiger partial charge in [0, 0.05) is 17.5 Å². The molecule has 4 heteroatoms. The fourth-order valence-corrected chi connectivity index (χ4v) is 3.64. The molecule has 0 unspecified atom stereocenters. The van der Waals surface area contributed by atoms with Crippen LogP contribution in [0.3, 0.4) is 0 Å². The van der Waals surface area contributed by atoms with E-state index < -0.39 is 0 Å². The highest BCUT2D eigenvalue weighted by atomic mass is 32.1. The van der Waals surface area contributed by atoms with Crippen LogP contribution in [0.25, 0.3) is 0 Å². The van der Waals surface area contributed by atoms with Gasteiger partial charge in [0.1, 0.15) is 5.66 Å². The Hall–Kier alpha value is -1.16. The highest BCUT2D eigenvalue weighted by molar-refractivity contribution is 7.18. The number of aliphatic imine (C=N–C) groups is 1. The summed E-state index contributed by atoms with van der Waals surface area (Å²) < 4.78 is 0. The molecule has 0 fully saturated rings. The molecule has 0 saturated carbocycles. The third kappa shape index (κ3) is 1.40. The molecule has 84 valence electrons. The summed E-state index contributed by atoms with van der Waals surface area (Å²) in [6.45, 7) is 4.13. The van der Waals surface area contributed by atoms with Gasteiger partial charge >= 0.3 is 0 Å². The quantitative estimate of drug-likeness (QED) is 0.711. The third-order valence-electron chi connectivity index (χ3n) is 3.11. The smallest absolute Gasteiger partial charge is 0.124 e. The number of anilines is 1. The van der Waals surface area contributed by atoms with Crippen molar-refractivity contribution in [2.45, 2.75) is 38.8 Å². The van der Waals surface area contributed by atoms with Gasteiger partial charge in [0.25, 0.3) is 0 Å². The summed E-state index contributed by atoms with van der Waals surface area (Å²) in [5, 5.41) is 12.6. The predicted molar refractivity (Wildman–Crippen MR) is 69.4 cm³/mol. The van der Waals surface area contributed by atoms with Crippen molar-refractivity contribution in [1.82, 2.24) is 0 Å². The minimum absolute atomic E-state index is 0.206. The molecule has 2 aliphatic rings. The zero-order valence-corrected chi connectivity index (χ0v) is 10.4. The summed E-state index contributed by atoms with van der Waals surface area (Å²) >= 11 is 1.72. The van der Waals surface area contributed by atoms with Gasteiger partial charge < -0.3 is 10.7 Å². The summed E-state index contributed by atoms with van der Waals surface area (Å²) in [6, 6.07) is 0. The first-order valence-electron chi connectivity index (χ1n) is 5.64. The molecule has 1 aliphatic carbocycles. The molecule has 0 atom stereocenters. The Balaban J connectivity index is 2.14. The normalized spacial score (nSPS) is 21.2. The van der Waals surface area contributed by atoms with Crippen LogP contribution in [0.1, 0.15) is 42.7 Å². The first kappa shape index (κ1) is 10.0. The molecule has 2 heterocycles. The van der Waals surface area contributed by atoms with Gasteiger partial charge in [-0.3, -0.25) is 4.99 Å². The lowest BCUT2D eigenvalue weighted by atomic mass is 9.94. The van der Waals surface area contributed by atoms with Gasteiger partial charge in [-0.15, -0.1) is 11.3 Å². The summed E-state index contributed by atoms with van der Waals surface area (Å²) in [5.74, 6) is 0. The van der Waals surface area contributed by atoms with Crippen molar-refractivity contribution in [1.29, 1.82) is 5.41 Å². The standard InChI is InChI=1S/C12H15N3S/c1-12(2)14-6-8-7-4-3-5-9(13)10(7)16-11(8)15-12/h6,13,15H,3-5H2,1-2H3. The van der Waals surface area contributed by atoms with E-state index in [9.17, 15) is 0 Å².